The topological polar surface area (TPSA) is 101 Å². The smallest absolute Gasteiger partial charge is 0.193 e. The largest absolute Gasteiger partial charge is 0.497 e. The van der Waals surface area contributed by atoms with Crippen LogP contribution in [-0.4, -0.2) is 7.11 Å². The van der Waals surface area contributed by atoms with Crippen LogP contribution in [0.1, 0.15) is 0 Å². The molecule has 28 heavy (non-hydrogen) atoms. The summed E-state index contributed by atoms with van der Waals surface area (Å²) >= 11 is 0. The maximum absolute atomic E-state index is 12.4. The molecule has 140 valence electrons. The zero-order valence-corrected chi connectivity index (χ0v) is 15.1. The van der Waals surface area contributed by atoms with Crippen LogP contribution in [0.15, 0.2) is 75.9 Å². The van der Waals surface area contributed by atoms with E-state index < -0.39 is 0 Å². The van der Waals surface area contributed by atoms with Gasteiger partial charge in [0.05, 0.1) is 18.2 Å². The summed E-state index contributed by atoms with van der Waals surface area (Å²) in [4.78, 5) is 12.4. The summed E-state index contributed by atoms with van der Waals surface area (Å²) in [5.74, 6) is 2.15. The summed E-state index contributed by atoms with van der Waals surface area (Å²) in [7, 11) is 1.56. The van der Waals surface area contributed by atoms with Gasteiger partial charge in [0, 0.05) is 29.4 Å². The van der Waals surface area contributed by atoms with Crippen molar-refractivity contribution in [2.45, 2.75) is 0 Å². The van der Waals surface area contributed by atoms with E-state index in [9.17, 15) is 4.79 Å². The Labute approximate surface area is 160 Å². The van der Waals surface area contributed by atoms with E-state index in [4.69, 9.17) is 25.4 Å². The molecule has 0 aliphatic carbocycles. The number of rotatable bonds is 4. The first kappa shape index (κ1) is 17.5. The number of anilines is 2. The lowest BCUT2D eigenvalue weighted by atomic mass is 10.1. The second kappa shape index (κ2) is 7.00. The van der Waals surface area contributed by atoms with E-state index in [1.165, 1.54) is 6.07 Å². The lowest BCUT2D eigenvalue weighted by Gasteiger charge is -2.10. The van der Waals surface area contributed by atoms with E-state index in [1.807, 2.05) is 12.1 Å². The molecule has 4 N–H and O–H groups in total. The second-order valence-electron chi connectivity index (χ2n) is 6.26. The fourth-order valence-corrected chi connectivity index (χ4v) is 2.86. The molecule has 0 fully saturated rings. The lowest BCUT2D eigenvalue weighted by Crippen LogP contribution is -2.00. The second-order valence-corrected chi connectivity index (χ2v) is 6.26. The maximum Gasteiger partial charge on any atom is 0.193 e. The van der Waals surface area contributed by atoms with Crippen LogP contribution in [0.3, 0.4) is 0 Å². The molecule has 0 spiro atoms. The molecule has 0 radical (unpaired) electrons. The molecule has 0 saturated carbocycles. The fraction of sp³-hybridized carbons (Fsp3) is 0.0455. The van der Waals surface area contributed by atoms with Crippen LogP contribution in [0.4, 0.5) is 11.4 Å². The fourth-order valence-electron chi connectivity index (χ4n) is 2.86. The molecule has 0 unspecified atom stereocenters. The van der Waals surface area contributed by atoms with Crippen molar-refractivity contribution in [1.82, 2.24) is 0 Å². The molecule has 0 aliphatic rings. The first-order valence-electron chi connectivity index (χ1n) is 8.59. The number of methoxy groups -OCH3 is 1. The molecule has 4 aromatic rings. The van der Waals surface area contributed by atoms with Crippen LogP contribution in [0.25, 0.3) is 22.3 Å². The van der Waals surface area contributed by atoms with E-state index in [0.717, 1.165) is 5.56 Å². The Morgan fingerprint density at radius 3 is 2.36 bits per heavy atom. The molecular weight excluding hydrogens is 356 g/mol. The number of benzene rings is 3. The summed E-state index contributed by atoms with van der Waals surface area (Å²) in [5.41, 5.74) is 13.8. The number of nitrogens with two attached hydrogens (primary N) is 2. The molecule has 0 aliphatic heterocycles. The Bertz CT molecular complexity index is 1210. The zero-order valence-electron chi connectivity index (χ0n) is 15.1. The highest BCUT2D eigenvalue weighted by molar-refractivity contribution is 5.80. The van der Waals surface area contributed by atoms with Crippen LogP contribution in [-0.2, 0) is 0 Å². The predicted octanol–water partition coefficient (Wildman–Crippen LogP) is 4.43. The highest BCUT2D eigenvalue weighted by atomic mass is 16.5. The van der Waals surface area contributed by atoms with E-state index in [2.05, 4.69) is 0 Å². The minimum absolute atomic E-state index is 0.119. The standard InChI is InChI=1S/C22H18N2O4/c1-26-16-7-8-17-19(25)12-20(28-21(17)11-16)13-2-5-15(6-3-13)27-22-10-14(23)4-9-18(22)24/h2-12H,23-24H2,1H3. The van der Waals surface area contributed by atoms with Gasteiger partial charge in [0.15, 0.2) is 11.2 Å². The summed E-state index contributed by atoms with van der Waals surface area (Å²) in [6.45, 7) is 0. The molecule has 0 atom stereocenters. The molecule has 6 nitrogen and oxygen atoms in total. The van der Waals surface area contributed by atoms with E-state index >= 15 is 0 Å². The van der Waals surface area contributed by atoms with Crippen molar-refractivity contribution in [3.05, 3.63) is 77.0 Å². The van der Waals surface area contributed by atoms with Gasteiger partial charge in [-0.2, -0.15) is 0 Å². The van der Waals surface area contributed by atoms with E-state index in [-0.39, 0.29) is 5.43 Å². The monoisotopic (exact) mass is 374 g/mol. The Balaban J connectivity index is 1.67. The van der Waals surface area contributed by atoms with Gasteiger partial charge in [-0.05, 0) is 48.5 Å². The Morgan fingerprint density at radius 2 is 1.61 bits per heavy atom. The molecule has 0 amide bonds. The van der Waals surface area contributed by atoms with E-state index in [1.54, 1.807) is 55.6 Å². The van der Waals surface area contributed by atoms with Crippen molar-refractivity contribution in [3.63, 3.8) is 0 Å². The van der Waals surface area contributed by atoms with Crippen LogP contribution in [0.2, 0.25) is 0 Å². The third-order valence-electron chi connectivity index (χ3n) is 4.34. The Hall–Kier alpha value is -3.93. The summed E-state index contributed by atoms with van der Waals surface area (Å²) < 4.78 is 16.9. The van der Waals surface area contributed by atoms with E-state index in [0.29, 0.717) is 45.4 Å². The summed E-state index contributed by atoms with van der Waals surface area (Å²) in [6, 6.07) is 18.8. The normalized spacial score (nSPS) is 10.8. The van der Waals surface area contributed by atoms with Crippen molar-refractivity contribution in [2.75, 3.05) is 18.6 Å². The van der Waals surface area contributed by atoms with Gasteiger partial charge in [0.2, 0.25) is 0 Å². The van der Waals surface area contributed by atoms with Gasteiger partial charge in [-0.3, -0.25) is 4.79 Å². The molecule has 0 saturated heterocycles. The summed E-state index contributed by atoms with van der Waals surface area (Å²) in [5, 5.41) is 0.502. The van der Waals surface area contributed by atoms with Crippen LogP contribution >= 0.6 is 0 Å². The molecule has 1 heterocycles. The Morgan fingerprint density at radius 1 is 0.857 bits per heavy atom. The van der Waals surface area contributed by atoms with Gasteiger partial charge in [-0.25, -0.2) is 0 Å². The molecule has 3 aromatic carbocycles. The van der Waals surface area contributed by atoms with Gasteiger partial charge >= 0.3 is 0 Å². The van der Waals surface area contributed by atoms with Crippen molar-refractivity contribution in [2.24, 2.45) is 0 Å². The molecule has 0 bridgehead atoms. The van der Waals surface area contributed by atoms with Crippen LogP contribution < -0.4 is 26.4 Å². The zero-order chi connectivity index (χ0) is 19.7. The molecule has 4 rings (SSSR count). The van der Waals surface area contributed by atoms with Gasteiger partial charge < -0.3 is 25.4 Å². The minimum Gasteiger partial charge on any atom is -0.497 e. The predicted molar refractivity (Wildman–Crippen MR) is 110 cm³/mol. The highest BCUT2D eigenvalue weighted by Gasteiger charge is 2.09. The van der Waals surface area contributed by atoms with Gasteiger partial charge in [0.25, 0.3) is 0 Å². The Kier molecular flexibility index (Phi) is 4.37. The van der Waals surface area contributed by atoms with Gasteiger partial charge in [-0.15, -0.1) is 0 Å². The minimum atomic E-state index is -0.119. The lowest BCUT2D eigenvalue weighted by molar-refractivity contribution is 0.414. The average molecular weight is 374 g/mol. The quantitative estimate of drug-likeness (QED) is 0.513. The molecule has 6 heteroatoms. The van der Waals surface area contributed by atoms with Crippen LogP contribution in [0, 0.1) is 0 Å². The first-order chi connectivity index (χ1) is 13.5. The number of ether oxygens (including phenoxy) is 2. The van der Waals surface area contributed by atoms with Gasteiger partial charge in [0.1, 0.15) is 22.8 Å². The number of fused-ring (bicyclic) bond motifs is 1. The number of nitrogen functional groups attached to an aromatic ring is 2. The van der Waals surface area contributed by atoms with Crippen LogP contribution in [0.5, 0.6) is 17.2 Å². The van der Waals surface area contributed by atoms with Crippen molar-refractivity contribution in [3.8, 4) is 28.6 Å². The van der Waals surface area contributed by atoms with Crippen molar-refractivity contribution < 1.29 is 13.9 Å². The SMILES string of the molecule is COc1ccc2c(=O)cc(-c3ccc(Oc4cc(N)ccc4N)cc3)oc2c1. The maximum atomic E-state index is 12.4. The van der Waals surface area contributed by atoms with Gasteiger partial charge in [-0.1, -0.05) is 0 Å². The first-order valence-corrected chi connectivity index (χ1v) is 8.59. The van der Waals surface area contributed by atoms with Crippen molar-refractivity contribution >= 4 is 22.3 Å². The third kappa shape index (κ3) is 3.35. The summed E-state index contributed by atoms with van der Waals surface area (Å²) in [6.07, 6.45) is 0. The van der Waals surface area contributed by atoms with Crippen molar-refractivity contribution in [1.29, 1.82) is 0 Å². The number of hydrogen-bond donors (Lipinski definition) is 2. The third-order valence-corrected chi connectivity index (χ3v) is 4.34. The molecule has 1 aromatic heterocycles. The highest BCUT2D eigenvalue weighted by Crippen LogP contribution is 2.31. The average Bonchev–Trinajstić information content (AvgIpc) is 2.70. The number of hydrogen-bond acceptors (Lipinski definition) is 6. The molecular formula is C22H18N2O4.